The zero-order chi connectivity index (χ0) is 14.1. The molecular formula is C16H18N2O2. The molecule has 4 heteroatoms. The number of aromatic nitrogens is 2. The molecule has 1 heterocycles. The number of aliphatic hydroxyl groups excluding tert-OH is 1. The van der Waals surface area contributed by atoms with Gasteiger partial charge in [-0.3, -0.25) is 4.79 Å². The minimum absolute atomic E-state index is 0.132. The van der Waals surface area contributed by atoms with E-state index in [9.17, 15) is 9.90 Å². The van der Waals surface area contributed by atoms with Crippen molar-refractivity contribution in [3.63, 3.8) is 0 Å². The van der Waals surface area contributed by atoms with Gasteiger partial charge in [0.2, 0.25) is 0 Å². The maximum absolute atomic E-state index is 12.1. The summed E-state index contributed by atoms with van der Waals surface area (Å²) in [5.74, 6) is 0.584. The normalized spacial score (nSPS) is 16.1. The molecule has 1 aliphatic rings. The van der Waals surface area contributed by atoms with Gasteiger partial charge in [0, 0.05) is 23.7 Å². The summed E-state index contributed by atoms with van der Waals surface area (Å²) in [6.45, 7) is 2.34. The smallest absolute Gasteiger partial charge is 0.267 e. The summed E-state index contributed by atoms with van der Waals surface area (Å²) in [7, 11) is 0. The largest absolute Gasteiger partial charge is 0.389 e. The minimum Gasteiger partial charge on any atom is -0.389 e. The first kappa shape index (κ1) is 13.1. The topological polar surface area (TPSA) is 55.1 Å². The van der Waals surface area contributed by atoms with E-state index in [1.54, 1.807) is 6.92 Å². The van der Waals surface area contributed by atoms with Crippen LogP contribution in [0.3, 0.4) is 0 Å². The Morgan fingerprint density at radius 3 is 2.65 bits per heavy atom. The fourth-order valence-electron chi connectivity index (χ4n) is 2.32. The van der Waals surface area contributed by atoms with Gasteiger partial charge in [-0.2, -0.15) is 5.10 Å². The van der Waals surface area contributed by atoms with Crippen molar-refractivity contribution >= 4 is 0 Å². The predicted molar refractivity (Wildman–Crippen MR) is 77.3 cm³/mol. The second-order valence-corrected chi connectivity index (χ2v) is 5.45. The van der Waals surface area contributed by atoms with E-state index in [1.807, 2.05) is 30.3 Å². The van der Waals surface area contributed by atoms with E-state index in [-0.39, 0.29) is 5.56 Å². The first-order chi connectivity index (χ1) is 9.65. The zero-order valence-corrected chi connectivity index (χ0v) is 11.5. The van der Waals surface area contributed by atoms with Crippen LogP contribution in [0.15, 0.2) is 41.2 Å². The molecule has 1 N–H and O–H groups in total. The van der Waals surface area contributed by atoms with E-state index in [1.165, 1.54) is 23.6 Å². The molecule has 3 rings (SSSR count). The maximum Gasteiger partial charge on any atom is 0.267 e. The van der Waals surface area contributed by atoms with Crippen LogP contribution in [0.4, 0.5) is 0 Å². The molecule has 2 aromatic rings. The lowest BCUT2D eigenvalue weighted by atomic mass is 10.0. The Hall–Kier alpha value is -1.94. The van der Waals surface area contributed by atoms with Crippen LogP contribution >= 0.6 is 0 Å². The molecule has 0 spiro atoms. The van der Waals surface area contributed by atoms with Crippen molar-refractivity contribution in [3.05, 3.63) is 52.3 Å². The van der Waals surface area contributed by atoms with E-state index in [0.717, 1.165) is 5.56 Å². The molecule has 4 nitrogen and oxygen atoms in total. The number of aliphatic hydroxyl groups is 1. The van der Waals surface area contributed by atoms with Crippen LogP contribution in [0.2, 0.25) is 0 Å². The number of benzene rings is 1. The van der Waals surface area contributed by atoms with Crippen molar-refractivity contribution in [1.82, 2.24) is 9.78 Å². The summed E-state index contributed by atoms with van der Waals surface area (Å²) in [6, 6.07) is 11.2. The van der Waals surface area contributed by atoms with Crippen molar-refractivity contribution in [2.45, 2.75) is 32.4 Å². The molecule has 104 valence electrons. The van der Waals surface area contributed by atoms with Gasteiger partial charge < -0.3 is 5.11 Å². The summed E-state index contributed by atoms with van der Waals surface area (Å²) in [4.78, 5) is 12.1. The highest BCUT2D eigenvalue weighted by Gasteiger charge is 2.23. The Bertz CT molecular complexity index is 658. The summed E-state index contributed by atoms with van der Waals surface area (Å²) in [5, 5.41) is 14.4. The monoisotopic (exact) mass is 270 g/mol. The minimum atomic E-state index is -0.707. The Balaban J connectivity index is 2.11. The van der Waals surface area contributed by atoms with Crippen molar-refractivity contribution in [1.29, 1.82) is 0 Å². The number of hydrogen-bond donors (Lipinski definition) is 1. The lowest BCUT2D eigenvalue weighted by molar-refractivity contribution is 0.198. The average molecular weight is 270 g/mol. The van der Waals surface area contributed by atoms with Gasteiger partial charge in [0.1, 0.15) is 0 Å². The highest BCUT2D eigenvalue weighted by Crippen LogP contribution is 2.30. The molecule has 1 saturated carbocycles. The maximum atomic E-state index is 12.1. The fourth-order valence-corrected chi connectivity index (χ4v) is 2.32. The third-order valence-corrected chi connectivity index (χ3v) is 3.65. The van der Waals surface area contributed by atoms with Crippen LogP contribution in [0, 0.1) is 5.92 Å². The third kappa shape index (κ3) is 2.65. The highest BCUT2D eigenvalue weighted by atomic mass is 16.3. The SMILES string of the molecule is CC(O)c1cc(=O)n(CC2CC2)nc1-c1ccccc1. The average Bonchev–Trinajstić information content (AvgIpc) is 3.25. The van der Waals surface area contributed by atoms with Gasteiger partial charge >= 0.3 is 0 Å². The van der Waals surface area contributed by atoms with E-state index in [2.05, 4.69) is 5.10 Å². The van der Waals surface area contributed by atoms with E-state index in [4.69, 9.17) is 0 Å². The second kappa shape index (κ2) is 5.21. The predicted octanol–water partition coefficient (Wildman–Crippen LogP) is 2.37. The fraction of sp³-hybridized carbons (Fsp3) is 0.375. The second-order valence-electron chi connectivity index (χ2n) is 5.45. The van der Waals surface area contributed by atoms with E-state index in [0.29, 0.717) is 23.7 Å². The van der Waals surface area contributed by atoms with Crippen molar-refractivity contribution in [2.75, 3.05) is 0 Å². The summed E-state index contributed by atoms with van der Waals surface area (Å²) < 4.78 is 1.53. The van der Waals surface area contributed by atoms with Crippen molar-refractivity contribution in [3.8, 4) is 11.3 Å². The zero-order valence-electron chi connectivity index (χ0n) is 11.5. The molecular weight excluding hydrogens is 252 g/mol. The number of nitrogens with zero attached hydrogens (tertiary/aromatic N) is 2. The van der Waals surface area contributed by atoms with Gasteiger partial charge in [0.05, 0.1) is 11.8 Å². The molecule has 1 aromatic heterocycles. The van der Waals surface area contributed by atoms with Crippen molar-refractivity contribution in [2.24, 2.45) is 5.92 Å². The van der Waals surface area contributed by atoms with E-state index < -0.39 is 6.10 Å². The van der Waals surface area contributed by atoms with Gasteiger partial charge in [-0.05, 0) is 25.7 Å². The van der Waals surface area contributed by atoms with Gasteiger partial charge in [-0.25, -0.2) is 4.68 Å². The standard InChI is InChI=1S/C16H18N2O2/c1-11(19)14-9-15(20)18(10-12-7-8-12)17-16(14)13-5-3-2-4-6-13/h2-6,9,11-12,19H,7-8,10H2,1H3. The molecule has 0 amide bonds. The Morgan fingerprint density at radius 2 is 2.05 bits per heavy atom. The Kier molecular flexibility index (Phi) is 3.40. The molecule has 0 bridgehead atoms. The first-order valence-corrected chi connectivity index (χ1v) is 7.00. The lowest BCUT2D eigenvalue weighted by Crippen LogP contribution is -2.25. The molecule has 20 heavy (non-hydrogen) atoms. The quantitative estimate of drug-likeness (QED) is 0.928. The molecule has 1 unspecified atom stereocenters. The van der Waals surface area contributed by atoms with Crippen LogP contribution < -0.4 is 5.56 Å². The van der Waals surface area contributed by atoms with Crippen LogP contribution in [-0.4, -0.2) is 14.9 Å². The lowest BCUT2D eigenvalue weighted by Gasteiger charge is -2.13. The van der Waals surface area contributed by atoms with E-state index >= 15 is 0 Å². The molecule has 1 aromatic carbocycles. The molecule has 1 fully saturated rings. The number of rotatable bonds is 4. The summed E-state index contributed by atoms with van der Waals surface area (Å²) in [6.07, 6.45) is 1.64. The van der Waals surface area contributed by atoms with Crippen LogP contribution in [0.1, 0.15) is 31.4 Å². The Morgan fingerprint density at radius 1 is 1.35 bits per heavy atom. The van der Waals surface area contributed by atoms with Gasteiger partial charge in [-0.15, -0.1) is 0 Å². The molecule has 0 aliphatic heterocycles. The number of hydrogen-bond acceptors (Lipinski definition) is 3. The molecule has 0 saturated heterocycles. The summed E-state index contributed by atoms with van der Waals surface area (Å²) >= 11 is 0. The van der Waals surface area contributed by atoms with Gasteiger partial charge in [0.25, 0.3) is 5.56 Å². The van der Waals surface area contributed by atoms with Crippen molar-refractivity contribution < 1.29 is 5.11 Å². The van der Waals surface area contributed by atoms with Crippen LogP contribution in [-0.2, 0) is 6.54 Å². The Labute approximate surface area is 117 Å². The van der Waals surface area contributed by atoms with Crippen LogP contribution in [0.25, 0.3) is 11.3 Å². The van der Waals surface area contributed by atoms with Gasteiger partial charge in [-0.1, -0.05) is 30.3 Å². The molecule has 0 radical (unpaired) electrons. The molecule has 1 atom stereocenters. The highest BCUT2D eigenvalue weighted by molar-refractivity contribution is 5.62. The van der Waals surface area contributed by atoms with Gasteiger partial charge in [0.15, 0.2) is 0 Å². The first-order valence-electron chi connectivity index (χ1n) is 7.00. The van der Waals surface area contributed by atoms with Crippen LogP contribution in [0.5, 0.6) is 0 Å². The molecule has 1 aliphatic carbocycles. The summed E-state index contributed by atoms with van der Waals surface area (Å²) in [5.41, 5.74) is 2.08. The third-order valence-electron chi connectivity index (χ3n) is 3.65.